The van der Waals surface area contributed by atoms with Gasteiger partial charge in [0.1, 0.15) is 5.76 Å². The zero-order valence-corrected chi connectivity index (χ0v) is 14.7. The molecule has 142 valence electrons. The van der Waals surface area contributed by atoms with Crippen molar-refractivity contribution in [1.82, 2.24) is 15.1 Å². The number of amides is 2. The molecule has 27 heavy (non-hydrogen) atoms. The van der Waals surface area contributed by atoms with Gasteiger partial charge >= 0.3 is 0 Å². The van der Waals surface area contributed by atoms with Crippen LogP contribution in [-0.2, 0) is 11.3 Å². The molecule has 1 aliphatic rings. The lowest BCUT2D eigenvalue weighted by atomic mass is 10.2. The van der Waals surface area contributed by atoms with E-state index in [1.54, 1.807) is 11.2 Å². The van der Waals surface area contributed by atoms with Gasteiger partial charge in [0.05, 0.1) is 24.3 Å². The Morgan fingerprint density at radius 3 is 2.59 bits per heavy atom. The first-order valence-corrected chi connectivity index (χ1v) is 8.58. The molecule has 0 atom stereocenters. The fraction of sp³-hybridized carbons (Fsp3) is 0.333. The molecule has 0 bridgehead atoms. The van der Waals surface area contributed by atoms with Crippen molar-refractivity contribution in [1.29, 1.82) is 0 Å². The van der Waals surface area contributed by atoms with Crippen molar-refractivity contribution in [3.8, 4) is 0 Å². The Morgan fingerprint density at radius 1 is 1.15 bits per heavy atom. The maximum atomic E-state index is 12.3. The van der Waals surface area contributed by atoms with Crippen LogP contribution in [0.1, 0.15) is 16.1 Å². The number of rotatable bonds is 6. The normalized spacial score (nSPS) is 14.7. The molecule has 1 aromatic carbocycles. The zero-order valence-electron chi connectivity index (χ0n) is 14.7. The molecule has 2 amide bonds. The summed E-state index contributed by atoms with van der Waals surface area (Å²) in [5, 5.41) is 13.3. The van der Waals surface area contributed by atoms with E-state index in [2.05, 4.69) is 10.2 Å². The molecule has 1 N–H and O–H groups in total. The van der Waals surface area contributed by atoms with Crippen LogP contribution in [0.5, 0.6) is 0 Å². The standard InChI is InChI=1S/C18H20N4O5/c23-17(12-19-18(24)14-3-1-4-15(11-14)22(25)26)21-8-6-20(7-9-21)13-16-5-2-10-27-16/h1-5,10-11H,6-9,12-13H2,(H,19,24). The lowest BCUT2D eigenvalue weighted by molar-refractivity contribution is -0.384. The molecule has 2 aromatic rings. The number of nitro benzene ring substituents is 1. The molecular weight excluding hydrogens is 352 g/mol. The Hall–Kier alpha value is -3.20. The van der Waals surface area contributed by atoms with Gasteiger partial charge < -0.3 is 14.6 Å². The van der Waals surface area contributed by atoms with Crippen molar-refractivity contribution >= 4 is 17.5 Å². The third-order valence-electron chi connectivity index (χ3n) is 4.40. The molecule has 1 aliphatic heterocycles. The predicted octanol–water partition coefficient (Wildman–Crippen LogP) is 1.26. The first kappa shape index (κ1) is 18.6. The van der Waals surface area contributed by atoms with Crippen LogP contribution in [-0.4, -0.2) is 59.3 Å². The van der Waals surface area contributed by atoms with E-state index >= 15 is 0 Å². The lowest BCUT2D eigenvalue weighted by Crippen LogP contribution is -2.50. The van der Waals surface area contributed by atoms with E-state index < -0.39 is 10.8 Å². The number of benzene rings is 1. The number of carbonyl (C=O) groups is 2. The molecule has 0 unspecified atom stereocenters. The second-order valence-electron chi connectivity index (χ2n) is 6.23. The minimum Gasteiger partial charge on any atom is -0.468 e. The fourth-order valence-corrected chi connectivity index (χ4v) is 2.91. The number of nitrogens with one attached hydrogen (secondary N) is 1. The van der Waals surface area contributed by atoms with Crippen LogP contribution >= 0.6 is 0 Å². The summed E-state index contributed by atoms with van der Waals surface area (Å²) in [7, 11) is 0. The maximum absolute atomic E-state index is 12.3. The zero-order chi connectivity index (χ0) is 19.2. The molecule has 0 aliphatic carbocycles. The SMILES string of the molecule is O=C(NCC(=O)N1CCN(Cc2ccco2)CC1)c1cccc([N+](=O)[O-])c1. The van der Waals surface area contributed by atoms with Crippen molar-refractivity contribution in [2.24, 2.45) is 0 Å². The van der Waals surface area contributed by atoms with E-state index in [1.807, 2.05) is 12.1 Å². The number of carbonyl (C=O) groups excluding carboxylic acids is 2. The average Bonchev–Trinajstić information content (AvgIpc) is 3.19. The highest BCUT2D eigenvalue weighted by Crippen LogP contribution is 2.13. The molecule has 9 nitrogen and oxygen atoms in total. The van der Waals surface area contributed by atoms with Crippen molar-refractivity contribution in [2.75, 3.05) is 32.7 Å². The van der Waals surface area contributed by atoms with Crippen LogP contribution in [0.3, 0.4) is 0 Å². The highest BCUT2D eigenvalue weighted by molar-refractivity contribution is 5.96. The summed E-state index contributed by atoms with van der Waals surface area (Å²) in [6, 6.07) is 9.17. The second kappa shape index (κ2) is 8.45. The molecular formula is C18H20N4O5. The van der Waals surface area contributed by atoms with Crippen molar-refractivity contribution < 1.29 is 18.9 Å². The first-order chi connectivity index (χ1) is 13.0. The van der Waals surface area contributed by atoms with E-state index in [4.69, 9.17) is 4.42 Å². The van der Waals surface area contributed by atoms with E-state index in [0.717, 1.165) is 18.8 Å². The third kappa shape index (κ3) is 4.91. The molecule has 0 saturated carbocycles. The van der Waals surface area contributed by atoms with E-state index in [-0.39, 0.29) is 23.7 Å². The number of furan rings is 1. The number of hydrogen-bond acceptors (Lipinski definition) is 6. The van der Waals surface area contributed by atoms with Gasteiger partial charge in [0.15, 0.2) is 0 Å². The third-order valence-corrected chi connectivity index (χ3v) is 4.40. The minimum atomic E-state index is -0.565. The van der Waals surface area contributed by atoms with Crippen molar-refractivity contribution in [3.63, 3.8) is 0 Å². The molecule has 1 aromatic heterocycles. The average molecular weight is 372 g/mol. The minimum absolute atomic E-state index is 0.139. The van der Waals surface area contributed by atoms with Gasteiger partial charge in [-0.15, -0.1) is 0 Å². The van der Waals surface area contributed by atoms with Gasteiger partial charge in [-0.05, 0) is 18.2 Å². The summed E-state index contributed by atoms with van der Waals surface area (Å²) >= 11 is 0. The topological polar surface area (TPSA) is 109 Å². The summed E-state index contributed by atoms with van der Waals surface area (Å²) in [4.78, 5) is 38.5. The maximum Gasteiger partial charge on any atom is 0.270 e. The summed E-state index contributed by atoms with van der Waals surface area (Å²) in [5.41, 5.74) is -0.0121. The second-order valence-corrected chi connectivity index (χ2v) is 6.23. The summed E-state index contributed by atoms with van der Waals surface area (Å²) in [5.74, 6) is 0.203. The van der Waals surface area contributed by atoms with Crippen LogP contribution < -0.4 is 5.32 Å². The molecule has 1 fully saturated rings. The fourth-order valence-electron chi connectivity index (χ4n) is 2.91. The molecule has 0 spiro atoms. The predicted molar refractivity (Wildman–Crippen MR) is 96.0 cm³/mol. The van der Waals surface area contributed by atoms with Crippen LogP contribution in [0, 0.1) is 10.1 Å². The van der Waals surface area contributed by atoms with Gasteiger partial charge in [-0.3, -0.25) is 24.6 Å². The van der Waals surface area contributed by atoms with E-state index in [0.29, 0.717) is 19.6 Å². The number of nitro groups is 1. The Morgan fingerprint density at radius 2 is 1.93 bits per heavy atom. The molecule has 0 radical (unpaired) electrons. The van der Waals surface area contributed by atoms with Crippen LogP contribution in [0.2, 0.25) is 0 Å². The molecule has 1 saturated heterocycles. The van der Waals surface area contributed by atoms with Crippen LogP contribution in [0.15, 0.2) is 47.1 Å². The van der Waals surface area contributed by atoms with Crippen LogP contribution in [0.25, 0.3) is 0 Å². The van der Waals surface area contributed by atoms with E-state index in [1.165, 1.54) is 24.3 Å². The monoisotopic (exact) mass is 372 g/mol. The molecule has 3 rings (SSSR count). The summed E-state index contributed by atoms with van der Waals surface area (Å²) < 4.78 is 5.33. The van der Waals surface area contributed by atoms with E-state index in [9.17, 15) is 19.7 Å². The van der Waals surface area contributed by atoms with Crippen molar-refractivity contribution in [3.05, 3.63) is 64.1 Å². The Balaban J connectivity index is 1.45. The van der Waals surface area contributed by atoms with Crippen molar-refractivity contribution in [2.45, 2.75) is 6.54 Å². The quantitative estimate of drug-likeness (QED) is 0.604. The lowest BCUT2D eigenvalue weighted by Gasteiger charge is -2.34. The Bertz CT molecular complexity index is 813. The highest BCUT2D eigenvalue weighted by Gasteiger charge is 2.22. The van der Waals surface area contributed by atoms with Crippen LogP contribution in [0.4, 0.5) is 5.69 Å². The summed E-state index contributed by atoms with van der Waals surface area (Å²) in [6.07, 6.45) is 1.64. The smallest absolute Gasteiger partial charge is 0.270 e. The molecule has 2 heterocycles. The Kier molecular flexibility index (Phi) is 5.82. The first-order valence-electron chi connectivity index (χ1n) is 8.58. The number of non-ortho nitro benzene ring substituents is 1. The van der Waals surface area contributed by atoms with Gasteiger partial charge in [-0.1, -0.05) is 6.07 Å². The van der Waals surface area contributed by atoms with Gasteiger partial charge in [0.2, 0.25) is 5.91 Å². The number of hydrogen-bond donors (Lipinski definition) is 1. The van der Waals surface area contributed by atoms with Gasteiger partial charge in [-0.2, -0.15) is 0 Å². The number of piperazine rings is 1. The highest BCUT2D eigenvalue weighted by atomic mass is 16.6. The number of nitrogens with zero attached hydrogens (tertiary/aromatic N) is 3. The van der Waals surface area contributed by atoms with Gasteiger partial charge in [0.25, 0.3) is 11.6 Å². The largest absolute Gasteiger partial charge is 0.468 e. The Labute approximate surface area is 155 Å². The van der Waals surface area contributed by atoms with Gasteiger partial charge in [0, 0.05) is 43.9 Å². The molecule has 9 heteroatoms. The summed E-state index contributed by atoms with van der Waals surface area (Å²) in [6.45, 7) is 3.17. The van der Waals surface area contributed by atoms with Gasteiger partial charge in [-0.25, -0.2) is 0 Å².